The lowest BCUT2D eigenvalue weighted by molar-refractivity contribution is 0.569. The molecular formula is C7H15Cl2N3. The second-order valence-corrected chi connectivity index (χ2v) is 2.55. The Morgan fingerprint density at radius 1 is 1.50 bits per heavy atom. The average molecular weight is 212 g/mol. The molecule has 0 amide bonds. The van der Waals surface area contributed by atoms with Gasteiger partial charge in [-0.15, -0.1) is 24.8 Å². The summed E-state index contributed by atoms with van der Waals surface area (Å²) in [6, 6.07) is 0.459. The first-order valence-corrected chi connectivity index (χ1v) is 3.47. The molecule has 1 rings (SSSR count). The Hall–Kier alpha value is -0.250. The third-order valence-electron chi connectivity index (χ3n) is 1.49. The van der Waals surface area contributed by atoms with Crippen LogP contribution < -0.4 is 5.73 Å². The lowest BCUT2D eigenvalue weighted by Gasteiger charge is -2.08. The number of imidazole rings is 1. The highest BCUT2D eigenvalue weighted by Gasteiger charge is 2.01. The smallest absolute Gasteiger partial charge is 0.122 e. The molecule has 1 aromatic heterocycles. The summed E-state index contributed by atoms with van der Waals surface area (Å²) in [4.78, 5) is 4.09. The maximum atomic E-state index is 5.45. The molecule has 1 heterocycles. The molecule has 0 aliphatic heterocycles. The van der Waals surface area contributed by atoms with E-state index in [0.717, 1.165) is 5.82 Å². The molecule has 5 heteroatoms. The van der Waals surface area contributed by atoms with E-state index < -0.39 is 0 Å². The van der Waals surface area contributed by atoms with Crippen LogP contribution in [0.1, 0.15) is 25.7 Å². The van der Waals surface area contributed by atoms with Crippen molar-refractivity contribution in [2.45, 2.75) is 26.4 Å². The van der Waals surface area contributed by atoms with Crippen molar-refractivity contribution in [2.24, 2.45) is 5.73 Å². The summed E-state index contributed by atoms with van der Waals surface area (Å²) in [5.41, 5.74) is 5.45. The van der Waals surface area contributed by atoms with Crippen LogP contribution in [-0.4, -0.2) is 9.55 Å². The monoisotopic (exact) mass is 211 g/mol. The van der Waals surface area contributed by atoms with Crippen molar-refractivity contribution in [3.63, 3.8) is 0 Å². The Morgan fingerprint density at radius 3 is 2.42 bits per heavy atom. The Kier molecular flexibility index (Phi) is 7.48. The fraction of sp³-hybridized carbons (Fsp3) is 0.571. The minimum absolute atomic E-state index is 0. The predicted molar refractivity (Wildman–Crippen MR) is 55.0 cm³/mol. The van der Waals surface area contributed by atoms with Gasteiger partial charge in [0, 0.05) is 18.4 Å². The molecule has 0 bridgehead atoms. The fourth-order valence-corrected chi connectivity index (χ4v) is 0.972. The van der Waals surface area contributed by atoms with Gasteiger partial charge in [0.05, 0.1) is 6.54 Å². The number of aromatic nitrogens is 2. The lowest BCUT2D eigenvalue weighted by Crippen LogP contribution is -2.09. The van der Waals surface area contributed by atoms with Gasteiger partial charge in [0.15, 0.2) is 0 Å². The highest BCUT2D eigenvalue weighted by Crippen LogP contribution is 2.06. The fourth-order valence-electron chi connectivity index (χ4n) is 0.972. The summed E-state index contributed by atoms with van der Waals surface area (Å²) < 4.78 is 2.07. The quantitative estimate of drug-likeness (QED) is 0.811. The molecular weight excluding hydrogens is 197 g/mol. The SMILES string of the molecule is CC(C)n1ccnc1CN.Cl.Cl. The summed E-state index contributed by atoms with van der Waals surface area (Å²) in [5, 5.41) is 0. The van der Waals surface area contributed by atoms with Crippen LogP contribution in [0.25, 0.3) is 0 Å². The second kappa shape index (κ2) is 6.29. The van der Waals surface area contributed by atoms with Crippen LogP contribution in [0.5, 0.6) is 0 Å². The van der Waals surface area contributed by atoms with Gasteiger partial charge < -0.3 is 10.3 Å². The highest BCUT2D eigenvalue weighted by molar-refractivity contribution is 5.85. The zero-order chi connectivity index (χ0) is 7.56. The molecule has 0 saturated heterocycles. The number of nitrogens with two attached hydrogens (primary N) is 1. The second-order valence-electron chi connectivity index (χ2n) is 2.55. The van der Waals surface area contributed by atoms with Gasteiger partial charge >= 0.3 is 0 Å². The maximum Gasteiger partial charge on any atom is 0.122 e. The topological polar surface area (TPSA) is 43.8 Å². The molecule has 0 saturated carbocycles. The summed E-state index contributed by atoms with van der Waals surface area (Å²) >= 11 is 0. The van der Waals surface area contributed by atoms with Crippen LogP contribution in [0.4, 0.5) is 0 Å². The molecule has 72 valence electrons. The van der Waals surface area contributed by atoms with Gasteiger partial charge in [-0.3, -0.25) is 0 Å². The van der Waals surface area contributed by atoms with E-state index in [1.807, 2.05) is 6.20 Å². The standard InChI is InChI=1S/C7H13N3.2ClH/c1-6(2)10-4-3-9-7(10)5-8;;/h3-4,6H,5,8H2,1-2H3;2*1H. The molecule has 0 unspecified atom stereocenters. The van der Waals surface area contributed by atoms with E-state index in [2.05, 4.69) is 23.4 Å². The van der Waals surface area contributed by atoms with Crippen molar-refractivity contribution in [1.29, 1.82) is 0 Å². The van der Waals surface area contributed by atoms with Gasteiger partial charge in [-0.25, -0.2) is 4.98 Å². The molecule has 0 fully saturated rings. The molecule has 3 nitrogen and oxygen atoms in total. The molecule has 12 heavy (non-hydrogen) atoms. The maximum absolute atomic E-state index is 5.45. The van der Waals surface area contributed by atoms with Gasteiger partial charge in [0.25, 0.3) is 0 Å². The Labute approximate surface area is 85.2 Å². The van der Waals surface area contributed by atoms with Crippen molar-refractivity contribution in [3.8, 4) is 0 Å². The molecule has 0 spiro atoms. The van der Waals surface area contributed by atoms with Crippen LogP contribution in [0, 0.1) is 0 Å². The zero-order valence-electron chi connectivity index (χ0n) is 7.23. The van der Waals surface area contributed by atoms with E-state index in [-0.39, 0.29) is 24.8 Å². The van der Waals surface area contributed by atoms with Crippen molar-refractivity contribution < 1.29 is 0 Å². The molecule has 0 atom stereocenters. The summed E-state index contributed by atoms with van der Waals surface area (Å²) in [7, 11) is 0. The van der Waals surface area contributed by atoms with Gasteiger partial charge in [-0.1, -0.05) is 0 Å². The van der Waals surface area contributed by atoms with E-state index in [4.69, 9.17) is 5.73 Å². The first-order chi connectivity index (χ1) is 4.75. The predicted octanol–water partition coefficient (Wildman–Crippen LogP) is 1.77. The van der Waals surface area contributed by atoms with Crippen molar-refractivity contribution in [1.82, 2.24) is 9.55 Å². The summed E-state index contributed by atoms with van der Waals surface area (Å²) in [6.45, 7) is 4.74. The molecule has 0 aliphatic rings. The first kappa shape index (κ1) is 14.3. The average Bonchev–Trinajstić information content (AvgIpc) is 2.33. The van der Waals surface area contributed by atoms with Crippen LogP contribution >= 0.6 is 24.8 Å². The van der Waals surface area contributed by atoms with Gasteiger partial charge in [-0.2, -0.15) is 0 Å². The minimum Gasteiger partial charge on any atom is -0.331 e. The number of halogens is 2. The number of hydrogen-bond donors (Lipinski definition) is 1. The summed E-state index contributed by atoms with van der Waals surface area (Å²) in [5.74, 6) is 0.954. The van der Waals surface area contributed by atoms with Gasteiger partial charge in [0.2, 0.25) is 0 Å². The largest absolute Gasteiger partial charge is 0.331 e. The molecule has 2 N–H and O–H groups in total. The molecule has 1 aromatic rings. The third-order valence-corrected chi connectivity index (χ3v) is 1.49. The molecule has 0 radical (unpaired) electrons. The van der Waals surface area contributed by atoms with Crippen LogP contribution in [-0.2, 0) is 6.54 Å². The first-order valence-electron chi connectivity index (χ1n) is 3.47. The summed E-state index contributed by atoms with van der Waals surface area (Å²) in [6.07, 6.45) is 3.73. The lowest BCUT2D eigenvalue weighted by atomic mass is 10.4. The highest BCUT2D eigenvalue weighted by atomic mass is 35.5. The van der Waals surface area contributed by atoms with E-state index >= 15 is 0 Å². The Bertz CT molecular complexity index is 210. The normalized spacial score (nSPS) is 9.00. The van der Waals surface area contributed by atoms with Crippen molar-refractivity contribution in [2.75, 3.05) is 0 Å². The minimum atomic E-state index is 0. The van der Waals surface area contributed by atoms with Gasteiger partial charge in [-0.05, 0) is 13.8 Å². The van der Waals surface area contributed by atoms with Crippen LogP contribution in [0.15, 0.2) is 12.4 Å². The molecule has 0 aliphatic carbocycles. The van der Waals surface area contributed by atoms with Crippen LogP contribution in [0.2, 0.25) is 0 Å². The van der Waals surface area contributed by atoms with Gasteiger partial charge in [0.1, 0.15) is 5.82 Å². The number of nitrogens with zero attached hydrogens (tertiary/aromatic N) is 2. The van der Waals surface area contributed by atoms with E-state index in [1.54, 1.807) is 6.20 Å². The van der Waals surface area contributed by atoms with E-state index in [0.29, 0.717) is 12.6 Å². The van der Waals surface area contributed by atoms with E-state index in [9.17, 15) is 0 Å². The number of hydrogen-bond acceptors (Lipinski definition) is 2. The van der Waals surface area contributed by atoms with E-state index in [1.165, 1.54) is 0 Å². The number of rotatable bonds is 2. The third kappa shape index (κ3) is 3.01. The Balaban J connectivity index is 0. The van der Waals surface area contributed by atoms with Crippen LogP contribution in [0.3, 0.4) is 0 Å². The molecule has 0 aromatic carbocycles. The van der Waals surface area contributed by atoms with Crippen molar-refractivity contribution in [3.05, 3.63) is 18.2 Å². The zero-order valence-corrected chi connectivity index (χ0v) is 8.86. The Morgan fingerprint density at radius 2 is 2.08 bits per heavy atom. The van der Waals surface area contributed by atoms with Crippen molar-refractivity contribution >= 4 is 24.8 Å².